The summed E-state index contributed by atoms with van der Waals surface area (Å²) in [5.41, 5.74) is 15.8. The molecule has 6 nitrogen and oxygen atoms in total. The third-order valence-corrected chi connectivity index (χ3v) is 2.21. The number of nitrogen functional groups attached to an aromatic ring is 2. The SMILES string of the molecule is CCc1c(N)ccc(N)c1CC.O=S(=O)(O)O. The summed E-state index contributed by atoms with van der Waals surface area (Å²) in [4.78, 5) is 0. The molecule has 0 spiro atoms. The number of hydrogen-bond acceptors (Lipinski definition) is 4. The molecule has 0 aromatic heterocycles. The smallest absolute Gasteiger partial charge is 0.394 e. The number of hydrogen-bond donors (Lipinski definition) is 4. The molecule has 0 aliphatic rings. The van der Waals surface area contributed by atoms with Gasteiger partial charge in [0.1, 0.15) is 0 Å². The van der Waals surface area contributed by atoms with Crippen LogP contribution in [0, 0.1) is 0 Å². The normalized spacial score (nSPS) is 10.6. The predicted octanol–water partition coefficient (Wildman–Crippen LogP) is 1.32. The highest BCUT2D eigenvalue weighted by Gasteiger charge is 2.05. The maximum Gasteiger partial charge on any atom is 0.394 e. The van der Waals surface area contributed by atoms with Crippen LogP contribution in [0.1, 0.15) is 25.0 Å². The van der Waals surface area contributed by atoms with Crippen LogP contribution < -0.4 is 11.5 Å². The fourth-order valence-electron chi connectivity index (χ4n) is 1.56. The molecule has 17 heavy (non-hydrogen) atoms. The molecular formula is C10H18N2O4S. The zero-order valence-corrected chi connectivity index (χ0v) is 10.7. The lowest BCUT2D eigenvalue weighted by molar-refractivity contribution is 0.381. The van der Waals surface area contributed by atoms with Crippen LogP contribution in [-0.4, -0.2) is 17.5 Å². The second-order valence-electron chi connectivity index (χ2n) is 3.36. The van der Waals surface area contributed by atoms with Crippen molar-refractivity contribution < 1.29 is 17.5 Å². The molecule has 0 saturated carbocycles. The van der Waals surface area contributed by atoms with Gasteiger partial charge in [0.2, 0.25) is 0 Å². The van der Waals surface area contributed by atoms with Gasteiger partial charge in [0.05, 0.1) is 0 Å². The fourth-order valence-corrected chi connectivity index (χ4v) is 1.56. The van der Waals surface area contributed by atoms with E-state index in [0.717, 1.165) is 24.2 Å². The maximum atomic E-state index is 8.74. The van der Waals surface area contributed by atoms with E-state index in [1.807, 2.05) is 12.1 Å². The molecule has 0 bridgehead atoms. The summed E-state index contributed by atoms with van der Waals surface area (Å²) >= 11 is 0. The number of benzene rings is 1. The molecule has 0 atom stereocenters. The first kappa shape index (κ1) is 15.7. The molecular weight excluding hydrogens is 244 g/mol. The molecule has 1 aromatic rings. The molecule has 6 N–H and O–H groups in total. The average Bonchev–Trinajstić information content (AvgIpc) is 2.18. The van der Waals surface area contributed by atoms with E-state index in [1.54, 1.807) is 0 Å². The van der Waals surface area contributed by atoms with Gasteiger partial charge in [-0.15, -0.1) is 0 Å². The summed E-state index contributed by atoms with van der Waals surface area (Å²) in [7, 11) is -4.67. The lowest BCUT2D eigenvalue weighted by atomic mass is 9.99. The fraction of sp³-hybridized carbons (Fsp3) is 0.400. The number of nitrogens with two attached hydrogens (primary N) is 2. The van der Waals surface area contributed by atoms with Gasteiger partial charge in [0.25, 0.3) is 0 Å². The van der Waals surface area contributed by atoms with Crippen molar-refractivity contribution in [2.75, 3.05) is 11.5 Å². The Kier molecular flexibility index (Phi) is 5.94. The molecule has 98 valence electrons. The van der Waals surface area contributed by atoms with Crippen molar-refractivity contribution in [3.05, 3.63) is 23.3 Å². The van der Waals surface area contributed by atoms with Gasteiger partial charge in [-0.25, -0.2) is 0 Å². The average molecular weight is 262 g/mol. The van der Waals surface area contributed by atoms with Crippen LogP contribution in [0.15, 0.2) is 12.1 Å². The first-order chi connectivity index (χ1) is 7.70. The van der Waals surface area contributed by atoms with Gasteiger partial charge in [-0.2, -0.15) is 8.42 Å². The predicted molar refractivity (Wildman–Crippen MR) is 68.2 cm³/mol. The highest BCUT2D eigenvalue weighted by Crippen LogP contribution is 2.23. The van der Waals surface area contributed by atoms with Crippen molar-refractivity contribution in [3.63, 3.8) is 0 Å². The van der Waals surface area contributed by atoms with Crippen molar-refractivity contribution in [2.45, 2.75) is 26.7 Å². The zero-order valence-electron chi connectivity index (χ0n) is 9.84. The van der Waals surface area contributed by atoms with E-state index in [-0.39, 0.29) is 0 Å². The lowest BCUT2D eigenvalue weighted by Gasteiger charge is -2.11. The molecule has 0 saturated heterocycles. The highest BCUT2D eigenvalue weighted by atomic mass is 32.3. The van der Waals surface area contributed by atoms with Crippen molar-refractivity contribution in [3.8, 4) is 0 Å². The van der Waals surface area contributed by atoms with Crippen LogP contribution >= 0.6 is 0 Å². The Balaban J connectivity index is 0.000000437. The molecule has 0 unspecified atom stereocenters. The lowest BCUT2D eigenvalue weighted by Crippen LogP contribution is -2.02. The summed E-state index contributed by atoms with van der Waals surface area (Å²) < 4.78 is 31.6. The van der Waals surface area contributed by atoms with E-state index >= 15 is 0 Å². The van der Waals surface area contributed by atoms with E-state index in [2.05, 4.69) is 13.8 Å². The van der Waals surface area contributed by atoms with E-state index in [9.17, 15) is 0 Å². The van der Waals surface area contributed by atoms with Crippen LogP contribution in [0.2, 0.25) is 0 Å². The van der Waals surface area contributed by atoms with Gasteiger partial charge in [0.15, 0.2) is 0 Å². The van der Waals surface area contributed by atoms with Crippen LogP contribution in [0.3, 0.4) is 0 Å². The van der Waals surface area contributed by atoms with Gasteiger partial charge in [-0.1, -0.05) is 13.8 Å². The minimum atomic E-state index is -4.67. The second-order valence-corrected chi connectivity index (χ2v) is 4.25. The zero-order chi connectivity index (χ0) is 13.6. The van der Waals surface area contributed by atoms with Crippen molar-refractivity contribution in [1.29, 1.82) is 0 Å². The molecule has 1 rings (SSSR count). The first-order valence-corrected chi connectivity index (χ1v) is 6.45. The Hall–Kier alpha value is -1.31. The molecule has 0 aliphatic heterocycles. The standard InChI is InChI=1S/C10H16N2.H2O4S/c1-3-7-8(4-2)10(12)6-5-9(7)11;1-5(2,3)4/h5-6H,3-4,11-12H2,1-2H3;(H2,1,2,3,4). The summed E-state index contributed by atoms with van der Waals surface area (Å²) in [6.07, 6.45) is 1.92. The number of rotatable bonds is 2. The summed E-state index contributed by atoms with van der Waals surface area (Å²) in [6.45, 7) is 4.20. The van der Waals surface area contributed by atoms with E-state index in [1.165, 1.54) is 11.1 Å². The first-order valence-electron chi connectivity index (χ1n) is 5.06. The van der Waals surface area contributed by atoms with Gasteiger partial charge >= 0.3 is 10.4 Å². The topological polar surface area (TPSA) is 127 Å². The van der Waals surface area contributed by atoms with Gasteiger partial charge in [0, 0.05) is 11.4 Å². The Morgan fingerprint density at radius 3 is 1.41 bits per heavy atom. The minimum absolute atomic E-state index is 0.864. The minimum Gasteiger partial charge on any atom is -0.398 e. The van der Waals surface area contributed by atoms with Gasteiger partial charge in [-0.3, -0.25) is 9.11 Å². The monoisotopic (exact) mass is 262 g/mol. The summed E-state index contributed by atoms with van der Waals surface area (Å²) in [6, 6.07) is 3.76. The second kappa shape index (κ2) is 6.43. The van der Waals surface area contributed by atoms with Gasteiger partial charge in [-0.05, 0) is 36.1 Å². The van der Waals surface area contributed by atoms with Crippen molar-refractivity contribution >= 4 is 21.8 Å². The Labute approximate surface area is 101 Å². The molecule has 0 heterocycles. The molecule has 0 aliphatic carbocycles. The Morgan fingerprint density at radius 2 is 1.24 bits per heavy atom. The Morgan fingerprint density at radius 1 is 1.00 bits per heavy atom. The van der Waals surface area contributed by atoms with E-state index < -0.39 is 10.4 Å². The quantitative estimate of drug-likeness (QED) is 0.470. The van der Waals surface area contributed by atoms with E-state index in [4.69, 9.17) is 29.0 Å². The maximum absolute atomic E-state index is 8.74. The third-order valence-electron chi connectivity index (χ3n) is 2.21. The molecule has 0 fully saturated rings. The largest absolute Gasteiger partial charge is 0.398 e. The van der Waals surface area contributed by atoms with Crippen molar-refractivity contribution in [1.82, 2.24) is 0 Å². The summed E-state index contributed by atoms with van der Waals surface area (Å²) in [5, 5.41) is 0. The van der Waals surface area contributed by atoms with Crippen LogP contribution in [-0.2, 0) is 23.2 Å². The molecule has 7 heteroatoms. The van der Waals surface area contributed by atoms with Gasteiger partial charge < -0.3 is 11.5 Å². The Bertz CT molecular complexity index is 434. The van der Waals surface area contributed by atoms with Crippen LogP contribution in [0.5, 0.6) is 0 Å². The third kappa shape index (κ3) is 6.10. The van der Waals surface area contributed by atoms with E-state index in [0.29, 0.717) is 0 Å². The van der Waals surface area contributed by atoms with Crippen molar-refractivity contribution in [2.24, 2.45) is 0 Å². The summed E-state index contributed by atoms with van der Waals surface area (Å²) in [5.74, 6) is 0. The molecule has 0 amide bonds. The number of anilines is 2. The molecule has 1 aromatic carbocycles. The highest BCUT2D eigenvalue weighted by molar-refractivity contribution is 7.79. The van der Waals surface area contributed by atoms with Crippen LogP contribution in [0.25, 0.3) is 0 Å². The molecule has 0 radical (unpaired) electrons. The van der Waals surface area contributed by atoms with Crippen LogP contribution in [0.4, 0.5) is 11.4 Å².